The molecule has 3 aliphatic carbocycles. The number of piperidine rings is 1. The molecule has 2 aliphatic heterocycles. The highest BCUT2D eigenvalue weighted by Gasteiger charge is 2.60. The predicted molar refractivity (Wildman–Crippen MR) is 176 cm³/mol. The van der Waals surface area contributed by atoms with Gasteiger partial charge in [0.05, 0.1) is 30.1 Å². The Morgan fingerprint density at radius 1 is 1.04 bits per heavy atom. The lowest BCUT2D eigenvalue weighted by Gasteiger charge is -2.49. The van der Waals surface area contributed by atoms with Gasteiger partial charge in [-0.3, -0.25) is 4.18 Å². The Bertz CT molecular complexity index is 1380. The van der Waals surface area contributed by atoms with Crippen molar-refractivity contribution in [1.29, 1.82) is 0 Å². The average molecular weight is 642 g/mol. The van der Waals surface area contributed by atoms with Crippen LogP contribution in [0, 0.1) is 35.0 Å². The maximum absolute atomic E-state index is 13.6. The van der Waals surface area contributed by atoms with Crippen LogP contribution in [0.15, 0.2) is 41.5 Å². The third kappa shape index (κ3) is 6.37. The van der Waals surface area contributed by atoms with Crippen LogP contribution in [0.4, 0.5) is 4.79 Å². The lowest BCUT2D eigenvalue weighted by molar-refractivity contribution is -0.0638. The molecule has 0 aromatic heterocycles. The summed E-state index contributed by atoms with van der Waals surface area (Å²) in [6.45, 7) is 12.8. The van der Waals surface area contributed by atoms with Crippen LogP contribution in [0.25, 0.3) is 0 Å². The fourth-order valence-electron chi connectivity index (χ4n) is 10.3. The zero-order valence-corrected chi connectivity index (χ0v) is 29.1. The van der Waals surface area contributed by atoms with Crippen molar-refractivity contribution < 1.29 is 26.9 Å². The highest BCUT2D eigenvalue weighted by Crippen LogP contribution is 2.58. The Hall–Kier alpha value is -1.90. The maximum Gasteiger partial charge on any atom is 0.410 e. The van der Waals surface area contributed by atoms with E-state index in [0.717, 1.165) is 63.4 Å². The van der Waals surface area contributed by atoms with Crippen molar-refractivity contribution in [3.63, 3.8) is 0 Å². The molecule has 4 fully saturated rings. The van der Waals surface area contributed by atoms with Gasteiger partial charge in [0.15, 0.2) is 0 Å². The second kappa shape index (κ2) is 12.6. The minimum Gasteiger partial charge on any atom is -0.445 e. The monoisotopic (exact) mass is 641 g/mol. The van der Waals surface area contributed by atoms with Crippen molar-refractivity contribution in [3.05, 3.63) is 47.0 Å². The second-order valence-corrected chi connectivity index (χ2v) is 17.3. The minimum absolute atomic E-state index is 0.0114. The summed E-state index contributed by atoms with van der Waals surface area (Å²) in [5.74, 6) is 2.04. The van der Waals surface area contributed by atoms with Crippen LogP contribution in [0.3, 0.4) is 0 Å². The van der Waals surface area contributed by atoms with E-state index in [1.165, 1.54) is 18.2 Å². The summed E-state index contributed by atoms with van der Waals surface area (Å²) < 4.78 is 42.5. The van der Waals surface area contributed by atoms with Crippen molar-refractivity contribution in [1.82, 2.24) is 4.90 Å². The number of rotatable bonds is 4. The summed E-state index contributed by atoms with van der Waals surface area (Å²) in [4.78, 5) is 15.6. The van der Waals surface area contributed by atoms with Crippen LogP contribution in [0.1, 0.15) is 104 Å². The number of ether oxygens (including phenoxy) is 2. The minimum atomic E-state index is -3.45. The fraction of sp³-hybridized carbons (Fsp3) is 0.757. The highest BCUT2D eigenvalue weighted by atomic mass is 32.2. The van der Waals surface area contributed by atoms with Gasteiger partial charge in [-0.2, -0.15) is 8.42 Å². The molecule has 5 aliphatic rings. The zero-order valence-electron chi connectivity index (χ0n) is 28.3. The summed E-state index contributed by atoms with van der Waals surface area (Å²) in [5, 5.41) is 0. The van der Waals surface area contributed by atoms with E-state index >= 15 is 0 Å². The van der Waals surface area contributed by atoms with Gasteiger partial charge in [-0.05, 0) is 105 Å². The van der Waals surface area contributed by atoms with E-state index in [1.807, 2.05) is 35.2 Å². The Kier molecular flexibility index (Phi) is 9.25. The van der Waals surface area contributed by atoms with Gasteiger partial charge in [-0.25, -0.2) is 4.79 Å². The van der Waals surface area contributed by atoms with E-state index in [2.05, 4.69) is 34.6 Å². The number of amides is 1. The van der Waals surface area contributed by atoms with Gasteiger partial charge in [-0.15, -0.1) is 0 Å². The number of allylic oxidation sites excluding steroid dienone is 1. The molecule has 2 heterocycles. The molecule has 8 heteroatoms. The fourth-order valence-corrected chi connectivity index (χ4v) is 11.0. The lowest BCUT2D eigenvalue weighted by atomic mass is 9.58. The number of carbonyl (C=O) groups is 1. The SMILES string of the molecule is CC1=C2C[C@@H](C)[C@@]3(C)CC[C@H](OS(C)(=O)=O)C[C@H]3CCC[C@@H]2CC[C@]12O[C@@H]1C[C@H](C)CN(C(=O)OCc3ccccc3)[C@H]1[C@H]2C. The van der Waals surface area contributed by atoms with Crippen LogP contribution in [0.5, 0.6) is 0 Å². The first-order valence-corrected chi connectivity index (χ1v) is 19.4. The molecule has 0 radical (unpaired) electrons. The van der Waals surface area contributed by atoms with Gasteiger partial charge < -0.3 is 14.4 Å². The number of hydrogen-bond donors (Lipinski definition) is 0. The Balaban J connectivity index is 1.24. The molecule has 7 nitrogen and oxygen atoms in total. The Morgan fingerprint density at radius 2 is 1.80 bits per heavy atom. The van der Waals surface area contributed by atoms with E-state index in [9.17, 15) is 13.2 Å². The van der Waals surface area contributed by atoms with E-state index < -0.39 is 10.1 Å². The van der Waals surface area contributed by atoms with Crippen molar-refractivity contribution in [2.75, 3.05) is 12.8 Å². The van der Waals surface area contributed by atoms with E-state index in [1.54, 1.807) is 5.57 Å². The molecule has 2 saturated carbocycles. The molecule has 0 unspecified atom stereocenters. The van der Waals surface area contributed by atoms with Gasteiger partial charge in [0.25, 0.3) is 10.1 Å². The zero-order chi connectivity index (χ0) is 32.1. The van der Waals surface area contributed by atoms with Crippen molar-refractivity contribution >= 4 is 16.2 Å². The van der Waals surface area contributed by atoms with Crippen LogP contribution in [-0.2, 0) is 30.4 Å². The molecule has 1 aromatic rings. The van der Waals surface area contributed by atoms with E-state index in [4.69, 9.17) is 13.7 Å². The normalized spacial score (nSPS) is 40.5. The van der Waals surface area contributed by atoms with E-state index in [-0.39, 0.29) is 47.9 Å². The van der Waals surface area contributed by atoms with Gasteiger partial charge in [0, 0.05) is 12.5 Å². The molecule has 10 atom stereocenters. The largest absolute Gasteiger partial charge is 0.445 e. The van der Waals surface area contributed by atoms with Crippen molar-refractivity contribution in [2.45, 2.75) is 129 Å². The number of hydrogen-bond acceptors (Lipinski definition) is 6. The first-order valence-electron chi connectivity index (χ1n) is 17.5. The quantitative estimate of drug-likeness (QED) is 0.246. The summed E-state index contributed by atoms with van der Waals surface area (Å²) in [6, 6.07) is 9.93. The topological polar surface area (TPSA) is 82.1 Å². The van der Waals surface area contributed by atoms with Crippen LogP contribution < -0.4 is 0 Å². The van der Waals surface area contributed by atoms with Crippen molar-refractivity contribution in [3.8, 4) is 0 Å². The number of likely N-dealkylation sites (tertiary alicyclic amines) is 1. The third-order valence-electron chi connectivity index (χ3n) is 13.0. The summed E-state index contributed by atoms with van der Waals surface area (Å²) in [5.41, 5.74) is 3.82. The Morgan fingerprint density at radius 3 is 2.53 bits per heavy atom. The molecule has 250 valence electrons. The number of nitrogens with zero attached hydrogens (tertiary/aromatic N) is 1. The standard InChI is InChI=1S/C37H55NO6S/c1-24-19-33-34(38(22-24)35(39)42-23-28-11-8-7-9-12-28)27(4)37(43-33)18-15-29-13-10-14-30-21-31(44-45(6,40)41)16-17-36(30,5)25(2)20-32(29)26(37)3/h7-9,11-12,24-25,27,29-31,33-34H,10,13-23H2,1-6H3/t24-,25+,27+,29+,30+,31-,33+,34-,36+,37-/m0/s1. The number of fused-ring (bicyclic) bond motifs is 3. The molecule has 45 heavy (non-hydrogen) atoms. The maximum atomic E-state index is 13.6. The summed E-state index contributed by atoms with van der Waals surface area (Å²) in [6.07, 6.45) is 11.0. The molecule has 0 bridgehead atoms. The molecule has 0 N–H and O–H groups in total. The Labute approximate surface area is 271 Å². The van der Waals surface area contributed by atoms with Gasteiger partial charge in [-0.1, -0.05) is 70.0 Å². The molecule has 1 amide bonds. The van der Waals surface area contributed by atoms with Crippen LogP contribution in [-0.4, -0.2) is 56.1 Å². The number of carbonyl (C=O) groups excluding carboxylic acids is 1. The lowest BCUT2D eigenvalue weighted by Crippen LogP contribution is -2.54. The predicted octanol–water partition coefficient (Wildman–Crippen LogP) is 7.90. The second-order valence-electron chi connectivity index (χ2n) is 15.7. The van der Waals surface area contributed by atoms with Gasteiger partial charge in [0.1, 0.15) is 6.61 Å². The molecular weight excluding hydrogens is 586 g/mol. The van der Waals surface area contributed by atoms with Gasteiger partial charge >= 0.3 is 6.09 Å². The smallest absolute Gasteiger partial charge is 0.410 e. The molecule has 6 rings (SSSR count). The third-order valence-corrected chi connectivity index (χ3v) is 13.6. The summed E-state index contributed by atoms with van der Waals surface area (Å²) in [7, 11) is -3.45. The van der Waals surface area contributed by atoms with Crippen LogP contribution in [0.2, 0.25) is 0 Å². The molecule has 1 spiro atoms. The summed E-state index contributed by atoms with van der Waals surface area (Å²) >= 11 is 0. The number of benzene rings is 1. The molecule has 2 saturated heterocycles. The van der Waals surface area contributed by atoms with Gasteiger partial charge in [0.2, 0.25) is 0 Å². The molecule has 1 aromatic carbocycles. The average Bonchev–Trinajstić information content (AvgIpc) is 3.29. The first kappa shape index (κ1) is 33.0. The van der Waals surface area contributed by atoms with E-state index in [0.29, 0.717) is 30.2 Å². The molecular formula is C37H55NO6S. The highest BCUT2D eigenvalue weighted by molar-refractivity contribution is 7.86. The van der Waals surface area contributed by atoms with Crippen LogP contribution >= 0.6 is 0 Å². The first-order chi connectivity index (χ1) is 21.3. The van der Waals surface area contributed by atoms with Crippen molar-refractivity contribution in [2.24, 2.45) is 35.0 Å².